The van der Waals surface area contributed by atoms with Gasteiger partial charge in [0.25, 0.3) is 0 Å². The van der Waals surface area contributed by atoms with Gasteiger partial charge in [-0.05, 0) is 35.4 Å². The Kier molecular flexibility index (Phi) is 4.81. The number of Topliss-reactive ketones (excluding diaryl/α,β-unsaturated/α-hetero) is 1. The summed E-state index contributed by atoms with van der Waals surface area (Å²) in [7, 11) is 1.52. The third kappa shape index (κ3) is 3.13. The minimum Gasteiger partial charge on any atom is -0.496 e. The molecule has 0 saturated carbocycles. The number of allylic oxidation sites excluding steroid dienone is 1. The number of carbonyl (C=O) groups is 1. The van der Waals surface area contributed by atoms with Crippen LogP contribution < -0.4 is 4.74 Å². The van der Waals surface area contributed by atoms with Gasteiger partial charge in [0.15, 0.2) is 5.78 Å². The summed E-state index contributed by atoms with van der Waals surface area (Å²) in [4.78, 5) is 12.5. The second-order valence-corrected chi connectivity index (χ2v) is 6.67. The summed E-state index contributed by atoms with van der Waals surface area (Å²) in [5, 5.41) is 26.4. The standard InChI is InChI=1S/C22H20N2O4/c1-28-21-9-14(7-16(11-25)19(21)12-26)20-10-17(23-24-20)8-15-6-13-4-2-3-5-18(13)22(15)27/h2-5,7-10,25-26H,6,11-12H2,1H3,(H,23,24)/b15-8+. The second kappa shape index (κ2) is 7.42. The number of aliphatic hydroxyl groups is 2. The van der Waals surface area contributed by atoms with Crippen LogP contribution in [0, 0.1) is 0 Å². The molecule has 0 spiro atoms. The minimum absolute atomic E-state index is 0.0447. The third-order valence-corrected chi connectivity index (χ3v) is 5.01. The quantitative estimate of drug-likeness (QED) is 0.595. The van der Waals surface area contributed by atoms with E-state index in [4.69, 9.17) is 4.74 Å². The van der Waals surface area contributed by atoms with Crippen molar-refractivity contribution in [1.82, 2.24) is 10.2 Å². The highest BCUT2D eigenvalue weighted by atomic mass is 16.5. The predicted octanol–water partition coefficient (Wildman–Crippen LogP) is 2.89. The molecular weight excluding hydrogens is 356 g/mol. The van der Waals surface area contributed by atoms with E-state index in [9.17, 15) is 15.0 Å². The fraction of sp³-hybridized carbons (Fsp3) is 0.182. The molecule has 0 bridgehead atoms. The smallest absolute Gasteiger partial charge is 0.189 e. The summed E-state index contributed by atoms with van der Waals surface area (Å²) in [6, 6.07) is 13.0. The zero-order chi connectivity index (χ0) is 19.7. The van der Waals surface area contributed by atoms with Crippen LogP contribution in [0.25, 0.3) is 17.3 Å². The summed E-state index contributed by atoms with van der Waals surface area (Å²) in [5.74, 6) is 0.539. The van der Waals surface area contributed by atoms with Gasteiger partial charge in [-0.25, -0.2) is 0 Å². The van der Waals surface area contributed by atoms with E-state index in [1.54, 1.807) is 12.1 Å². The molecule has 3 N–H and O–H groups in total. The number of carbonyl (C=O) groups excluding carboxylic acids is 1. The zero-order valence-corrected chi connectivity index (χ0v) is 15.4. The molecule has 1 aromatic heterocycles. The molecule has 0 atom stereocenters. The molecule has 0 amide bonds. The average Bonchev–Trinajstić information content (AvgIpc) is 3.32. The first-order valence-corrected chi connectivity index (χ1v) is 8.95. The van der Waals surface area contributed by atoms with Crippen molar-refractivity contribution in [2.24, 2.45) is 0 Å². The lowest BCUT2D eigenvalue weighted by molar-refractivity contribution is 0.104. The number of aromatic amines is 1. The van der Waals surface area contributed by atoms with Crippen molar-refractivity contribution in [1.29, 1.82) is 0 Å². The van der Waals surface area contributed by atoms with Gasteiger partial charge in [-0.2, -0.15) is 5.10 Å². The Hall–Kier alpha value is -3.22. The van der Waals surface area contributed by atoms with Gasteiger partial charge < -0.3 is 14.9 Å². The van der Waals surface area contributed by atoms with E-state index < -0.39 is 0 Å². The van der Waals surface area contributed by atoms with Crippen LogP contribution in [0.1, 0.15) is 32.7 Å². The highest BCUT2D eigenvalue weighted by molar-refractivity contribution is 6.15. The van der Waals surface area contributed by atoms with Crippen LogP contribution in [-0.2, 0) is 19.6 Å². The number of ether oxygens (including phenoxy) is 1. The number of aliphatic hydroxyl groups excluding tert-OH is 2. The molecule has 1 aliphatic rings. The Bertz CT molecular complexity index is 1060. The van der Waals surface area contributed by atoms with Crippen molar-refractivity contribution in [3.63, 3.8) is 0 Å². The van der Waals surface area contributed by atoms with Crippen LogP contribution >= 0.6 is 0 Å². The van der Waals surface area contributed by atoms with Crippen molar-refractivity contribution in [2.45, 2.75) is 19.6 Å². The van der Waals surface area contributed by atoms with E-state index in [1.807, 2.05) is 36.4 Å². The lowest BCUT2D eigenvalue weighted by Gasteiger charge is -2.12. The minimum atomic E-state index is -0.222. The van der Waals surface area contributed by atoms with Crippen molar-refractivity contribution < 1.29 is 19.7 Å². The number of aromatic nitrogens is 2. The fourth-order valence-corrected chi connectivity index (χ4v) is 3.57. The number of H-pyrrole nitrogens is 1. The molecule has 2 aromatic carbocycles. The Labute approximate surface area is 162 Å². The number of methoxy groups -OCH3 is 1. The van der Waals surface area contributed by atoms with E-state index in [2.05, 4.69) is 10.2 Å². The number of fused-ring (bicyclic) bond motifs is 1. The zero-order valence-electron chi connectivity index (χ0n) is 15.4. The molecule has 6 heteroatoms. The van der Waals surface area contributed by atoms with E-state index in [0.29, 0.717) is 29.0 Å². The Morgan fingerprint density at radius 3 is 2.71 bits per heavy atom. The van der Waals surface area contributed by atoms with Crippen LogP contribution in [0.5, 0.6) is 5.75 Å². The summed E-state index contributed by atoms with van der Waals surface area (Å²) in [5.41, 5.74) is 5.79. The van der Waals surface area contributed by atoms with Gasteiger partial charge in [0.2, 0.25) is 0 Å². The molecule has 142 valence electrons. The van der Waals surface area contributed by atoms with Crippen LogP contribution in [0.3, 0.4) is 0 Å². The molecule has 4 rings (SSSR count). The highest BCUT2D eigenvalue weighted by Gasteiger charge is 2.24. The lowest BCUT2D eigenvalue weighted by Crippen LogP contribution is -1.99. The van der Waals surface area contributed by atoms with Gasteiger partial charge in [0.1, 0.15) is 5.75 Å². The number of nitrogens with one attached hydrogen (secondary N) is 1. The van der Waals surface area contributed by atoms with E-state index >= 15 is 0 Å². The number of ketones is 1. The third-order valence-electron chi connectivity index (χ3n) is 5.01. The first-order chi connectivity index (χ1) is 13.6. The molecule has 0 aliphatic heterocycles. The maximum Gasteiger partial charge on any atom is 0.189 e. The van der Waals surface area contributed by atoms with Crippen LogP contribution in [-0.4, -0.2) is 33.3 Å². The number of benzene rings is 2. The van der Waals surface area contributed by atoms with Crippen LogP contribution in [0.2, 0.25) is 0 Å². The fourth-order valence-electron chi connectivity index (χ4n) is 3.57. The highest BCUT2D eigenvalue weighted by Crippen LogP contribution is 2.31. The molecule has 3 aromatic rings. The van der Waals surface area contributed by atoms with Crippen molar-refractivity contribution in [2.75, 3.05) is 7.11 Å². The van der Waals surface area contributed by atoms with Crippen molar-refractivity contribution in [3.05, 3.63) is 76.0 Å². The maximum atomic E-state index is 12.5. The number of hydrogen-bond acceptors (Lipinski definition) is 5. The van der Waals surface area contributed by atoms with Crippen LogP contribution in [0.4, 0.5) is 0 Å². The summed E-state index contributed by atoms with van der Waals surface area (Å²) >= 11 is 0. The summed E-state index contributed by atoms with van der Waals surface area (Å²) < 4.78 is 5.34. The summed E-state index contributed by atoms with van der Waals surface area (Å²) in [6.45, 7) is -0.436. The van der Waals surface area contributed by atoms with Gasteiger partial charge in [0.05, 0.1) is 31.7 Å². The molecule has 0 unspecified atom stereocenters. The molecule has 6 nitrogen and oxygen atoms in total. The number of nitrogens with zero attached hydrogens (tertiary/aromatic N) is 1. The molecule has 1 aliphatic carbocycles. The van der Waals surface area contributed by atoms with E-state index in [1.165, 1.54) is 7.11 Å². The van der Waals surface area contributed by atoms with E-state index in [0.717, 1.165) is 28.0 Å². The maximum absolute atomic E-state index is 12.5. The van der Waals surface area contributed by atoms with Gasteiger partial charge in [-0.3, -0.25) is 9.89 Å². The van der Waals surface area contributed by atoms with Crippen LogP contribution in [0.15, 0.2) is 48.0 Å². The molecule has 0 fully saturated rings. The van der Waals surface area contributed by atoms with Gasteiger partial charge in [0, 0.05) is 28.7 Å². The number of rotatable bonds is 5. The first-order valence-electron chi connectivity index (χ1n) is 8.95. The van der Waals surface area contributed by atoms with Gasteiger partial charge >= 0.3 is 0 Å². The number of hydrogen-bond donors (Lipinski definition) is 3. The largest absolute Gasteiger partial charge is 0.496 e. The normalized spacial score (nSPS) is 14.5. The molecule has 1 heterocycles. The second-order valence-electron chi connectivity index (χ2n) is 6.67. The average molecular weight is 376 g/mol. The SMILES string of the molecule is COc1cc(-c2cc(/C=C3\Cc4ccccc4C3=O)[nH]n2)cc(CO)c1CO. The molecule has 0 saturated heterocycles. The van der Waals surface area contributed by atoms with Crippen molar-refractivity contribution in [3.8, 4) is 17.0 Å². The molecular formula is C22H20N2O4. The van der Waals surface area contributed by atoms with Crippen molar-refractivity contribution >= 4 is 11.9 Å². The topological polar surface area (TPSA) is 95.4 Å². The Balaban J connectivity index is 1.67. The molecule has 28 heavy (non-hydrogen) atoms. The Morgan fingerprint density at radius 2 is 2.00 bits per heavy atom. The first kappa shape index (κ1) is 18.2. The lowest BCUT2D eigenvalue weighted by atomic mass is 10.0. The summed E-state index contributed by atoms with van der Waals surface area (Å²) in [6.07, 6.45) is 2.43. The predicted molar refractivity (Wildman–Crippen MR) is 105 cm³/mol. The van der Waals surface area contributed by atoms with E-state index in [-0.39, 0.29) is 19.0 Å². The molecule has 0 radical (unpaired) electrons. The Morgan fingerprint density at radius 1 is 1.18 bits per heavy atom. The van der Waals surface area contributed by atoms with Gasteiger partial charge in [-0.1, -0.05) is 24.3 Å². The monoisotopic (exact) mass is 376 g/mol. The van der Waals surface area contributed by atoms with Gasteiger partial charge in [-0.15, -0.1) is 0 Å².